The number of nitrogens with two attached hydrogens (primary N) is 1. The molecule has 3 N–H and O–H groups in total. The first-order valence-corrected chi connectivity index (χ1v) is 11.1. The molecular weight excluding hydrogens is 454 g/mol. The van der Waals surface area contributed by atoms with E-state index in [0.29, 0.717) is 27.2 Å². The third-order valence-electron chi connectivity index (χ3n) is 4.35. The van der Waals surface area contributed by atoms with Crippen LogP contribution in [-0.2, 0) is 20.7 Å². The fourth-order valence-corrected chi connectivity index (χ4v) is 4.36. The summed E-state index contributed by atoms with van der Waals surface area (Å²) >= 11 is 2.52. The minimum Gasteiger partial charge on any atom is -0.493 e. The monoisotopic (exact) mass is 475 g/mol. The molecule has 0 aliphatic carbocycles. The molecule has 0 aliphatic heterocycles. The quantitative estimate of drug-likeness (QED) is 0.455. The average molecular weight is 476 g/mol. The number of hydrogen-bond donors (Lipinski definition) is 2. The smallest absolute Gasteiger partial charge is 0.312 e. The lowest BCUT2D eigenvalue weighted by Crippen LogP contribution is -2.31. The molecule has 2 aromatic heterocycles. The Morgan fingerprint density at radius 3 is 2.56 bits per heavy atom. The van der Waals surface area contributed by atoms with Crippen LogP contribution in [0.2, 0.25) is 0 Å². The van der Waals surface area contributed by atoms with E-state index in [9.17, 15) is 14.4 Å². The molecule has 11 heteroatoms. The number of esters is 1. The van der Waals surface area contributed by atoms with E-state index in [1.807, 2.05) is 6.07 Å². The third kappa shape index (κ3) is 5.42. The van der Waals surface area contributed by atoms with Gasteiger partial charge in [-0.1, -0.05) is 0 Å². The van der Waals surface area contributed by atoms with Gasteiger partial charge in [0.15, 0.2) is 17.6 Å². The molecular formula is C21H21N3O6S2. The molecule has 1 unspecified atom stereocenters. The van der Waals surface area contributed by atoms with Gasteiger partial charge in [0.2, 0.25) is 0 Å². The Hall–Kier alpha value is -3.44. The van der Waals surface area contributed by atoms with E-state index in [0.717, 1.165) is 16.9 Å². The van der Waals surface area contributed by atoms with Gasteiger partial charge in [-0.15, -0.1) is 22.7 Å². The molecule has 0 bridgehead atoms. The van der Waals surface area contributed by atoms with Crippen LogP contribution in [0.25, 0.3) is 10.6 Å². The zero-order chi connectivity index (χ0) is 23.3. The molecule has 0 saturated heterocycles. The average Bonchev–Trinajstić information content (AvgIpc) is 3.42. The fraction of sp³-hybridized carbons (Fsp3) is 0.238. The largest absolute Gasteiger partial charge is 0.493 e. The molecule has 0 spiro atoms. The first-order chi connectivity index (χ1) is 15.3. The molecule has 0 aliphatic rings. The number of benzene rings is 1. The minimum absolute atomic E-state index is 0.0903. The highest BCUT2D eigenvalue weighted by atomic mass is 32.1. The first kappa shape index (κ1) is 23.2. The number of carbonyl (C=O) groups is 3. The van der Waals surface area contributed by atoms with E-state index in [4.69, 9.17) is 19.9 Å². The van der Waals surface area contributed by atoms with E-state index in [1.165, 1.54) is 24.3 Å². The Morgan fingerprint density at radius 2 is 1.88 bits per heavy atom. The lowest BCUT2D eigenvalue weighted by molar-refractivity contribution is -0.152. The zero-order valence-corrected chi connectivity index (χ0v) is 19.2. The topological polar surface area (TPSA) is 130 Å². The van der Waals surface area contributed by atoms with Crippen LogP contribution in [-0.4, -0.2) is 43.1 Å². The van der Waals surface area contributed by atoms with Crippen LogP contribution in [0.3, 0.4) is 0 Å². The molecule has 32 heavy (non-hydrogen) atoms. The van der Waals surface area contributed by atoms with Crippen LogP contribution in [0.5, 0.6) is 11.5 Å². The highest BCUT2D eigenvalue weighted by Crippen LogP contribution is 2.33. The van der Waals surface area contributed by atoms with Crippen LogP contribution in [0.1, 0.15) is 23.0 Å². The number of ether oxygens (including phenoxy) is 3. The van der Waals surface area contributed by atoms with Crippen molar-refractivity contribution >= 4 is 45.5 Å². The Balaban J connectivity index is 1.59. The lowest BCUT2D eigenvalue weighted by atomic mass is 10.2. The van der Waals surface area contributed by atoms with Crippen molar-refractivity contribution < 1.29 is 28.6 Å². The normalized spacial score (nSPS) is 11.5. The summed E-state index contributed by atoms with van der Waals surface area (Å²) < 4.78 is 15.8. The fourth-order valence-electron chi connectivity index (χ4n) is 2.74. The van der Waals surface area contributed by atoms with Crippen molar-refractivity contribution in [2.75, 3.05) is 19.5 Å². The molecule has 2 heterocycles. The maximum Gasteiger partial charge on any atom is 0.312 e. The second kappa shape index (κ2) is 10.2. The minimum atomic E-state index is -1.06. The molecule has 1 aromatic carbocycles. The molecule has 0 radical (unpaired) electrons. The summed E-state index contributed by atoms with van der Waals surface area (Å²) in [4.78, 5) is 40.4. The Bertz CT molecular complexity index is 1140. The predicted octanol–water partition coefficient (Wildman–Crippen LogP) is 3.10. The van der Waals surface area contributed by atoms with Crippen LogP contribution in [0, 0.1) is 0 Å². The number of methoxy groups -OCH3 is 2. The van der Waals surface area contributed by atoms with Crippen LogP contribution in [0.15, 0.2) is 35.0 Å². The number of rotatable bonds is 9. The van der Waals surface area contributed by atoms with Crippen molar-refractivity contribution in [1.82, 2.24) is 4.98 Å². The Morgan fingerprint density at radius 1 is 1.12 bits per heavy atom. The zero-order valence-electron chi connectivity index (χ0n) is 17.5. The van der Waals surface area contributed by atoms with Gasteiger partial charge in [-0.05, 0) is 36.6 Å². The number of hydrogen-bond acceptors (Lipinski definition) is 9. The second-order valence-corrected chi connectivity index (χ2v) is 8.31. The van der Waals surface area contributed by atoms with Gasteiger partial charge in [0, 0.05) is 10.9 Å². The summed E-state index contributed by atoms with van der Waals surface area (Å²) in [5.74, 6) is -0.633. The maximum atomic E-state index is 12.3. The van der Waals surface area contributed by atoms with E-state index in [2.05, 4.69) is 10.3 Å². The first-order valence-electron chi connectivity index (χ1n) is 9.36. The number of nitrogens with zero attached hydrogens (tertiary/aromatic N) is 1. The summed E-state index contributed by atoms with van der Waals surface area (Å²) in [5, 5.41) is 6.95. The van der Waals surface area contributed by atoms with E-state index in [1.54, 1.807) is 37.1 Å². The van der Waals surface area contributed by atoms with Crippen molar-refractivity contribution in [2.45, 2.75) is 19.4 Å². The Labute approximate surface area is 192 Å². The molecule has 0 fully saturated rings. The number of anilines is 1. The van der Waals surface area contributed by atoms with Gasteiger partial charge in [-0.25, -0.2) is 4.98 Å². The number of primary amides is 1. The van der Waals surface area contributed by atoms with Gasteiger partial charge in [0.25, 0.3) is 11.8 Å². The number of thiazole rings is 1. The van der Waals surface area contributed by atoms with Crippen molar-refractivity contribution in [3.63, 3.8) is 0 Å². The van der Waals surface area contributed by atoms with Crippen LogP contribution < -0.4 is 20.5 Å². The van der Waals surface area contributed by atoms with Crippen molar-refractivity contribution in [3.8, 4) is 22.1 Å². The highest BCUT2D eigenvalue weighted by Gasteiger charge is 2.21. The Kier molecular flexibility index (Phi) is 7.44. The number of thiophene rings is 1. The number of carbonyl (C=O) groups excluding carboxylic acids is 3. The molecule has 1 atom stereocenters. The standard InChI is InChI=1S/C21H21N3O6S2/c1-11(19(27)24-21-14(18(22)26)6-7-31-21)30-17(25)9-13-10-32-20(23-13)12-4-5-15(28-2)16(8-12)29-3/h4-8,10-11H,9H2,1-3H3,(H2,22,26)(H,24,27). The third-order valence-corrected chi connectivity index (χ3v) is 6.12. The maximum absolute atomic E-state index is 12.3. The summed E-state index contributed by atoms with van der Waals surface area (Å²) in [6, 6.07) is 6.94. The van der Waals surface area contributed by atoms with Crippen molar-refractivity contribution in [2.24, 2.45) is 5.73 Å². The number of aromatic nitrogens is 1. The molecule has 3 aromatic rings. The van der Waals surface area contributed by atoms with Crippen LogP contribution >= 0.6 is 22.7 Å². The number of amides is 2. The van der Waals surface area contributed by atoms with E-state index >= 15 is 0 Å². The van der Waals surface area contributed by atoms with Gasteiger partial charge in [0.1, 0.15) is 10.0 Å². The molecule has 2 amide bonds. The van der Waals surface area contributed by atoms with Crippen molar-refractivity contribution in [3.05, 3.63) is 46.3 Å². The number of nitrogens with one attached hydrogen (secondary N) is 1. The lowest BCUT2D eigenvalue weighted by Gasteiger charge is -2.13. The van der Waals surface area contributed by atoms with Gasteiger partial charge in [-0.2, -0.15) is 0 Å². The van der Waals surface area contributed by atoms with E-state index < -0.39 is 23.9 Å². The summed E-state index contributed by atoms with van der Waals surface area (Å²) in [6.45, 7) is 1.45. The molecule has 3 rings (SSSR count). The van der Waals surface area contributed by atoms with Crippen molar-refractivity contribution in [1.29, 1.82) is 0 Å². The summed E-state index contributed by atoms with van der Waals surface area (Å²) in [6.07, 6.45) is -1.15. The SMILES string of the molecule is COc1ccc(-c2nc(CC(=O)OC(C)C(=O)Nc3sccc3C(N)=O)cs2)cc1OC. The van der Waals surface area contributed by atoms with E-state index in [-0.39, 0.29) is 12.0 Å². The predicted molar refractivity (Wildman–Crippen MR) is 121 cm³/mol. The second-order valence-electron chi connectivity index (χ2n) is 6.54. The molecule has 9 nitrogen and oxygen atoms in total. The summed E-state index contributed by atoms with van der Waals surface area (Å²) in [7, 11) is 3.11. The van der Waals surface area contributed by atoms with Crippen LogP contribution in [0.4, 0.5) is 5.00 Å². The molecule has 0 saturated carbocycles. The highest BCUT2D eigenvalue weighted by molar-refractivity contribution is 7.14. The summed E-state index contributed by atoms with van der Waals surface area (Å²) in [5.41, 5.74) is 6.81. The van der Waals surface area contributed by atoms with Gasteiger partial charge in [0.05, 0.1) is 31.9 Å². The van der Waals surface area contributed by atoms with Gasteiger partial charge >= 0.3 is 5.97 Å². The van der Waals surface area contributed by atoms with Gasteiger partial charge < -0.3 is 25.3 Å². The molecule has 168 valence electrons. The van der Waals surface area contributed by atoms with Gasteiger partial charge in [-0.3, -0.25) is 14.4 Å².